The zero-order chi connectivity index (χ0) is 18.9. The van der Waals surface area contributed by atoms with E-state index in [1.54, 1.807) is 12.1 Å². The number of rotatable bonds is 4. The van der Waals surface area contributed by atoms with Gasteiger partial charge >= 0.3 is 5.97 Å². The van der Waals surface area contributed by atoms with E-state index in [9.17, 15) is 14.3 Å². The van der Waals surface area contributed by atoms with Crippen molar-refractivity contribution in [3.63, 3.8) is 0 Å². The third-order valence-electron chi connectivity index (χ3n) is 5.76. The highest BCUT2D eigenvalue weighted by atomic mass is 19.1. The average molecular weight is 370 g/mol. The number of carboxylic acid groups (broad SMARTS) is 1. The number of fused-ring (bicyclic) bond motifs is 2. The molecule has 4 nitrogen and oxygen atoms in total. The first-order valence-corrected chi connectivity index (χ1v) is 9.35. The van der Waals surface area contributed by atoms with E-state index in [1.165, 1.54) is 0 Å². The van der Waals surface area contributed by atoms with Gasteiger partial charge in [0.15, 0.2) is 0 Å². The van der Waals surface area contributed by atoms with Gasteiger partial charge in [0.2, 0.25) is 0 Å². The predicted molar refractivity (Wildman–Crippen MR) is 98.0 cm³/mol. The Morgan fingerprint density at radius 3 is 2.56 bits per heavy atom. The number of benzene rings is 2. The molecule has 3 unspecified atom stereocenters. The van der Waals surface area contributed by atoms with Crippen molar-refractivity contribution in [1.29, 1.82) is 0 Å². The van der Waals surface area contributed by atoms with Gasteiger partial charge in [0.05, 0.1) is 13.2 Å². The van der Waals surface area contributed by atoms with E-state index in [2.05, 4.69) is 0 Å². The molecule has 1 aliphatic carbocycles. The van der Waals surface area contributed by atoms with Crippen molar-refractivity contribution in [1.82, 2.24) is 0 Å². The largest absolute Gasteiger partial charge is 0.477 e. The van der Waals surface area contributed by atoms with Crippen LogP contribution in [0.15, 0.2) is 54.6 Å². The molecule has 0 saturated heterocycles. The van der Waals surface area contributed by atoms with Gasteiger partial charge in [-0.15, -0.1) is 0 Å². The molecule has 0 aromatic heterocycles. The van der Waals surface area contributed by atoms with E-state index in [-0.39, 0.29) is 13.2 Å². The molecule has 1 fully saturated rings. The maximum Gasteiger partial charge on any atom is 0.369 e. The molecule has 4 rings (SSSR count). The van der Waals surface area contributed by atoms with Crippen LogP contribution in [0.1, 0.15) is 42.4 Å². The topological polar surface area (TPSA) is 55.8 Å². The highest BCUT2D eigenvalue weighted by molar-refractivity contribution is 5.79. The molecule has 2 aromatic carbocycles. The fraction of sp³-hybridized carbons (Fsp3) is 0.409. The molecule has 1 saturated carbocycles. The highest BCUT2D eigenvalue weighted by Gasteiger charge is 2.54. The van der Waals surface area contributed by atoms with Gasteiger partial charge in [0.1, 0.15) is 6.17 Å². The Kier molecular flexibility index (Phi) is 4.74. The van der Waals surface area contributed by atoms with Crippen LogP contribution >= 0.6 is 0 Å². The van der Waals surface area contributed by atoms with E-state index in [4.69, 9.17) is 9.47 Å². The Labute approximate surface area is 157 Å². The monoisotopic (exact) mass is 370 g/mol. The Balaban J connectivity index is 1.73. The zero-order valence-electron chi connectivity index (χ0n) is 15.1. The Morgan fingerprint density at radius 2 is 1.85 bits per heavy atom. The molecule has 0 bridgehead atoms. The Bertz CT molecular complexity index is 824. The van der Waals surface area contributed by atoms with Gasteiger partial charge in [0, 0.05) is 11.0 Å². The maximum atomic E-state index is 14.2. The van der Waals surface area contributed by atoms with E-state index < -0.39 is 23.3 Å². The van der Waals surface area contributed by atoms with Crippen LogP contribution < -0.4 is 0 Å². The summed E-state index contributed by atoms with van der Waals surface area (Å²) >= 11 is 0. The minimum atomic E-state index is -1.87. The molecule has 142 valence electrons. The minimum absolute atomic E-state index is 0.111. The van der Waals surface area contributed by atoms with Gasteiger partial charge in [-0.2, -0.15) is 0 Å². The van der Waals surface area contributed by atoms with Gasteiger partial charge in [0.25, 0.3) is 5.79 Å². The second-order valence-electron chi connectivity index (χ2n) is 7.50. The average Bonchev–Trinajstić information content (AvgIpc) is 2.69. The van der Waals surface area contributed by atoms with E-state index in [0.29, 0.717) is 18.4 Å². The van der Waals surface area contributed by atoms with Crippen molar-refractivity contribution in [2.45, 2.75) is 49.7 Å². The molecule has 2 aromatic rings. The van der Waals surface area contributed by atoms with Crippen LogP contribution in [-0.2, 0) is 32.1 Å². The normalized spacial score (nSPS) is 30.0. The summed E-state index contributed by atoms with van der Waals surface area (Å²) in [4.78, 5) is 12.3. The summed E-state index contributed by atoms with van der Waals surface area (Å²) in [5.41, 5.74) is 1.70. The first-order chi connectivity index (χ1) is 13.1. The van der Waals surface area contributed by atoms with Crippen LogP contribution in [0.25, 0.3) is 0 Å². The molecule has 1 aliphatic heterocycles. The first-order valence-electron chi connectivity index (χ1n) is 9.35. The van der Waals surface area contributed by atoms with E-state index in [0.717, 1.165) is 24.0 Å². The number of carbonyl (C=O) groups is 1. The van der Waals surface area contributed by atoms with Gasteiger partial charge in [-0.3, -0.25) is 0 Å². The number of hydrogen-bond acceptors (Lipinski definition) is 3. The summed E-state index contributed by atoms with van der Waals surface area (Å²) in [5, 5.41) is 10.0. The molecule has 0 radical (unpaired) electrons. The molecule has 2 aliphatic rings. The molecule has 1 spiro atoms. The molecule has 0 amide bonds. The highest BCUT2D eigenvalue weighted by Crippen LogP contribution is 2.49. The number of hydrogen-bond donors (Lipinski definition) is 1. The molecule has 1 heterocycles. The number of alkyl halides is 1. The van der Waals surface area contributed by atoms with Crippen LogP contribution in [0, 0.1) is 0 Å². The van der Waals surface area contributed by atoms with Crippen molar-refractivity contribution in [3.8, 4) is 0 Å². The maximum absolute atomic E-state index is 14.2. The molecule has 5 heteroatoms. The third kappa shape index (κ3) is 3.15. The quantitative estimate of drug-likeness (QED) is 0.871. The van der Waals surface area contributed by atoms with Crippen molar-refractivity contribution in [3.05, 3.63) is 71.3 Å². The van der Waals surface area contributed by atoms with Crippen LogP contribution in [-0.4, -0.2) is 23.9 Å². The van der Waals surface area contributed by atoms with E-state index >= 15 is 0 Å². The van der Waals surface area contributed by atoms with Crippen molar-refractivity contribution in [2.24, 2.45) is 0 Å². The van der Waals surface area contributed by atoms with Crippen LogP contribution in [0.2, 0.25) is 0 Å². The van der Waals surface area contributed by atoms with Gasteiger partial charge < -0.3 is 14.6 Å². The fourth-order valence-corrected chi connectivity index (χ4v) is 4.41. The summed E-state index contributed by atoms with van der Waals surface area (Å²) in [5.74, 6) is -3.06. The lowest BCUT2D eigenvalue weighted by Gasteiger charge is -2.47. The Hall–Kier alpha value is -2.24. The summed E-state index contributed by atoms with van der Waals surface area (Å²) in [6.07, 6.45) is 1.58. The fourth-order valence-electron chi connectivity index (χ4n) is 4.41. The van der Waals surface area contributed by atoms with Crippen molar-refractivity contribution < 1.29 is 23.8 Å². The van der Waals surface area contributed by atoms with Crippen LogP contribution in [0.3, 0.4) is 0 Å². The summed E-state index contributed by atoms with van der Waals surface area (Å²) in [6.45, 7) is 0.256. The Morgan fingerprint density at radius 1 is 1.15 bits per heavy atom. The smallest absolute Gasteiger partial charge is 0.369 e. The lowest BCUT2D eigenvalue weighted by Crippen LogP contribution is -2.53. The van der Waals surface area contributed by atoms with Crippen LogP contribution in [0.4, 0.5) is 4.39 Å². The number of halogens is 1. The number of carboxylic acids is 1. The molecule has 1 N–H and O–H groups in total. The van der Waals surface area contributed by atoms with Crippen molar-refractivity contribution >= 4 is 5.97 Å². The zero-order valence-corrected chi connectivity index (χ0v) is 15.1. The predicted octanol–water partition coefficient (Wildman–Crippen LogP) is 4.32. The second-order valence-corrected chi connectivity index (χ2v) is 7.50. The number of aliphatic carboxylic acids is 1. The molecule has 27 heavy (non-hydrogen) atoms. The van der Waals surface area contributed by atoms with Gasteiger partial charge in [-0.25, -0.2) is 9.18 Å². The lowest BCUT2D eigenvalue weighted by atomic mass is 9.66. The molecule has 3 atom stereocenters. The standard InChI is InChI=1S/C22H23FO4/c23-17-9-6-12-21(13-17)15-27-22(20(24)25,19-11-5-4-10-18(19)21)26-14-16-7-2-1-3-8-16/h1-5,7-8,10-11,17H,6,9,12-15H2,(H,24,25). The molecular weight excluding hydrogens is 347 g/mol. The number of ether oxygens (including phenoxy) is 2. The lowest BCUT2D eigenvalue weighted by molar-refractivity contribution is -0.270. The van der Waals surface area contributed by atoms with E-state index in [1.807, 2.05) is 42.5 Å². The minimum Gasteiger partial charge on any atom is -0.477 e. The first kappa shape index (κ1) is 18.1. The van der Waals surface area contributed by atoms with Crippen molar-refractivity contribution in [2.75, 3.05) is 6.61 Å². The SMILES string of the molecule is O=C(O)C1(OCc2ccccc2)OCC2(CCCC(F)C2)c2ccccc21. The van der Waals surface area contributed by atoms with Gasteiger partial charge in [-0.1, -0.05) is 54.6 Å². The summed E-state index contributed by atoms with van der Waals surface area (Å²) < 4.78 is 26.0. The summed E-state index contributed by atoms with van der Waals surface area (Å²) in [6, 6.07) is 16.7. The third-order valence-corrected chi connectivity index (χ3v) is 5.76. The molecular formula is C22H23FO4. The summed E-state index contributed by atoms with van der Waals surface area (Å²) in [7, 11) is 0. The van der Waals surface area contributed by atoms with Crippen LogP contribution in [0.5, 0.6) is 0 Å². The second kappa shape index (κ2) is 7.06. The van der Waals surface area contributed by atoms with Gasteiger partial charge in [-0.05, 0) is 36.8 Å².